The third-order valence-corrected chi connectivity index (χ3v) is 5.24. The minimum Gasteiger partial charge on any atom is -0.495 e. The molecule has 1 aromatic heterocycles. The fourth-order valence-corrected chi connectivity index (χ4v) is 3.86. The highest BCUT2D eigenvalue weighted by atomic mass is 19.4. The first kappa shape index (κ1) is 19.6. The largest absolute Gasteiger partial charge is 0.495 e. The quantitative estimate of drug-likeness (QED) is 0.777. The Kier molecular flexibility index (Phi) is 5.16. The van der Waals surface area contributed by atoms with Crippen molar-refractivity contribution >= 4 is 5.69 Å². The van der Waals surface area contributed by atoms with Crippen LogP contribution in [-0.2, 0) is 6.42 Å². The fourth-order valence-electron chi connectivity index (χ4n) is 3.86. The number of nitrogens with one attached hydrogen (secondary N) is 2. The molecule has 0 saturated heterocycles. The highest BCUT2D eigenvalue weighted by Gasteiger charge is 2.33. The van der Waals surface area contributed by atoms with Gasteiger partial charge in [-0.3, -0.25) is 5.32 Å². The highest BCUT2D eigenvalue weighted by molar-refractivity contribution is 5.72. The van der Waals surface area contributed by atoms with Crippen LogP contribution in [0.5, 0.6) is 5.75 Å². The molecule has 0 bridgehead atoms. The van der Waals surface area contributed by atoms with E-state index in [-0.39, 0.29) is 0 Å². The number of ether oxygens (including phenoxy) is 1. The molecule has 1 aliphatic carbocycles. The summed E-state index contributed by atoms with van der Waals surface area (Å²) >= 11 is 0. The van der Waals surface area contributed by atoms with Crippen molar-refractivity contribution in [3.63, 3.8) is 0 Å². The van der Waals surface area contributed by atoms with Crippen molar-refractivity contribution in [2.24, 2.45) is 0 Å². The predicted octanol–water partition coefficient (Wildman–Crippen LogP) is 4.11. The summed E-state index contributed by atoms with van der Waals surface area (Å²) in [4.78, 5) is 2.05. The van der Waals surface area contributed by atoms with Crippen molar-refractivity contribution in [1.29, 1.82) is 0 Å². The normalized spacial score (nSPS) is 19.0. The molecule has 6 nitrogen and oxygen atoms in total. The van der Waals surface area contributed by atoms with Crippen LogP contribution >= 0.6 is 0 Å². The van der Waals surface area contributed by atoms with Gasteiger partial charge in [-0.2, -0.15) is 13.2 Å². The number of hydrogen-bond acceptors (Lipinski definition) is 6. The summed E-state index contributed by atoms with van der Waals surface area (Å²) in [5.74, 6) is 1.19. The van der Waals surface area contributed by atoms with Crippen LogP contribution in [0.25, 0.3) is 11.3 Å². The molecular weight excluding hydrogens is 385 g/mol. The number of halogens is 3. The van der Waals surface area contributed by atoms with Gasteiger partial charge in [-0.25, -0.2) is 0 Å². The molecule has 1 aromatic carbocycles. The number of anilines is 1. The van der Waals surface area contributed by atoms with E-state index in [1.165, 1.54) is 0 Å². The van der Waals surface area contributed by atoms with Crippen LogP contribution in [-0.4, -0.2) is 31.7 Å². The number of methoxy groups -OCH3 is 1. The molecule has 2 aliphatic rings. The van der Waals surface area contributed by atoms with Crippen LogP contribution in [0, 0.1) is 0 Å². The second kappa shape index (κ2) is 7.62. The van der Waals surface area contributed by atoms with E-state index in [4.69, 9.17) is 9.26 Å². The zero-order valence-electron chi connectivity index (χ0n) is 16.3. The average Bonchev–Trinajstić information content (AvgIpc) is 3.31. The molecule has 0 fully saturated rings. The van der Waals surface area contributed by atoms with Crippen molar-refractivity contribution in [2.75, 3.05) is 25.2 Å². The zero-order chi connectivity index (χ0) is 20.6. The van der Waals surface area contributed by atoms with E-state index < -0.39 is 18.8 Å². The highest BCUT2D eigenvalue weighted by Crippen LogP contribution is 2.39. The fraction of sp³-hybridized carbons (Fsp3) is 0.450. The second-order valence-corrected chi connectivity index (χ2v) is 7.32. The molecular formula is C20H23F3N4O2. The van der Waals surface area contributed by atoms with Gasteiger partial charge in [0.15, 0.2) is 5.76 Å². The molecule has 0 spiro atoms. The maximum absolute atomic E-state index is 12.6. The minimum absolute atomic E-state index is 0.480. The number of fused-ring (bicyclic) bond motifs is 1. The monoisotopic (exact) mass is 408 g/mol. The van der Waals surface area contributed by atoms with Crippen LogP contribution in [0.15, 0.2) is 34.6 Å². The lowest BCUT2D eigenvalue weighted by Crippen LogP contribution is -2.33. The number of allylic oxidation sites excluding steroid dienone is 1. The van der Waals surface area contributed by atoms with E-state index in [1.807, 2.05) is 36.2 Å². The molecule has 2 heterocycles. The van der Waals surface area contributed by atoms with Gasteiger partial charge in [0.2, 0.25) is 0 Å². The van der Waals surface area contributed by atoms with E-state index in [2.05, 4.69) is 15.8 Å². The van der Waals surface area contributed by atoms with Crippen molar-refractivity contribution in [3.05, 3.63) is 41.4 Å². The van der Waals surface area contributed by atoms with E-state index in [1.54, 1.807) is 7.11 Å². The number of hydrogen-bond donors (Lipinski definition) is 2. The number of alkyl halides is 3. The summed E-state index contributed by atoms with van der Waals surface area (Å²) in [6, 6.07) is 5.30. The molecule has 1 atom stereocenters. The molecule has 2 N–H and O–H groups in total. The Labute approximate surface area is 166 Å². The minimum atomic E-state index is -4.26. The van der Waals surface area contributed by atoms with Crippen LogP contribution in [0.2, 0.25) is 0 Å². The Balaban J connectivity index is 1.62. The third kappa shape index (κ3) is 4.05. The van der Waals surface area contributed by atoms with Gasteiger partial charge in [0.25, 0.3) is 0 Å². The molecule has 1 aliphatic heterocycles. The number of benzene rings is 1. The molecule has 156 valence electrons. The molecule has 0 saturated carbocycles. The van der Waals surface area contributed by atoms with Crippen LogP contribution in [0.1, 0.15) is 37.1 Å². The molecule has 4 rings (SSSR count). The van der Waals surface area contributed by atoms with Crippen LogP contribution in [0.4, 0.5) is 18.9 Å². The molecule has 0 amide bonds. The SMILES string of the molecule is COc1cc(-c2noc3c2CCCC3NCC(F)(F)F)ccc1N1C=C(C)NC1. The first-order valence-electron chi connectivity index (χ1n) is 9.51. The molecule has 29 heavy (non-hydrogen) atoms. The van der Waals surface area contributed by atoms with Gasteiger partial charge in [-0.15, -0.1) is 0 Å². The summed E-state index contributed by atoms with van der Waals surface area (Å²) in [6.45, 7) is 1.60. The average molecular weight is 408 g/mol. The zero-order valence-corrected chi connectivity index (χ0v) is 16.3. The standard InChI is InChI=1S/C20H23F3N4O2/c1-12-9-27(11-25-12)16-7-6-13(8-17(16)28-2)18-14-4-3-5-15(19(14)29-26-18)24-10-20(21,22)23/h6-9,15,24-25H,3-5,10-11H2,1-2H3. The topological polar surface area (TPSA) is 62.6 Å². The van der Waals surface area contributed by atoms with Crippen molar-refractivity contribution in [1.82, 2.24) is 15.8 Å². The molecule has 2 aromatic rings. The van der Waals surface area contributed by atoms with Crippen molar-refractivity contribution < 1.29 is 22.4 Å². The number of nitrogens with zero attached hydrogens (tertiary/aromatic N) is 2. The third-order valence-electron chi connectivity index (χ3n) is 5.24. The Morgan fingerprint density at radius 2 is 2.21 bits per heavy atom. The first-order chi connectivity index (χ1) is 13.9. The number of rotatable bonds is 5. The van der Waals surface area contributed by atoms with Crippen molar-refractivity contribution in [3.8, 4) is 17.0 Å². The van der Waals surface area contributed by atoms with Crippen LogP contribution in [0.3, 0.4) is 0 Å². The Bertz CT molecular complexity index is 923. The molecule has 1 unspecified atom stereocenters. The predicted molar refractivity (Wildman–Crippen MR) is 102 cm³/mol. The second-order valence-electron chi connectivity index (χ2n) is 7.32. The lowest BCUT2D eigenvalue weighted by Gasteiger charge is -2.22. The number of aromatic nitrogens is 1. The van der Waals surface area contributed by atoms with Gasteiger partial charge in [0.05, 0.1) is 32.1 Å². The lowest BCUT2D eigenvalue weighted by atomic mass is 9.90. The summed E-state index contributed by atoms with van der Waals surface area (Å²) in [7, 11) is 1.61. The maximum Gasteiger partial charge on any atom is 0.401 e. The Hall–Kier alpha value is -2.68. The first-order valence-corrected chi connectivity index (χ1v) is 9.51. The summed E-state index contributed by atoms with van der Waals surface area (Å²) in [6.07, 6.45) is -0.170. The van der Waals surface area contributed by atoms with E-state index in [0.29, 0.717) is 30.3 Å². The lowest BCUT2D eigenvalue weighted by molar-refractivity contribution is -0.126. The summed E-state index contributed by atoms with van der Waals surface area (Å²) in [5, 5.41) is 9.99. The van der Waals surface area contributed by atoms with Gasteiger partial charge in [-0.1, -0.05) is 11.2 Å². The summed E-state index contributed by atoms with van der Waals surface area (Å²) in [5.41, 5.74) is 4.33. The van der Waals surface area contributed by atoms with Crippen molar-refractivity contribution in [2.45, 2.75) is 38.4 Å². The Morgan fingerprint density at radius 3 is 2.90 bits per heavy atom. The smallest absolute Gasteiger partial charge is 0.401 e. The maximum atomic E-state index is 12.6. The van der Waals surface area contributed by atoms with Gasteiger partial charge < -0.3 is 19.5 Å². The van der Waals surface area contributed by atoms with Gasteiger partial charge in [0, 0.05) is 23.0 Å². The van der Waals surface area contributed by atoms with Crippen LogP contribution < -0.4 is 20.3 Å². The molecule has 0 radical (unpaired) electrons. The van der Waals surface area contributed by atoms with Gasteiger partial charge >= 0.3 is 6.18 Å². The molecule has 9 heteroatoms. The van der Waals surface area contributed by atoms with E-state index in [0.717, 1.165) is 35.4 Å². The van der Waals surface area contributed by atoms with E-state index >= 15 is 0 Å². The van der Waals surface area contributed by atoms with E-state index in [9.17, 15) is 13.2 Å². The summed E-state index contributed by atoms with van der Waals surface area (Å²) < 4.78 is 48.9. The van der Waals surface area contributed by atoms with Gasteiger partial charge in [-0.05, 0) is 38.3 Å². The van der Waals surface area contributed by atoms with Gasteiger partial charge in [0.1, 0.15) is 11.4 Å². The Morgan fingerprint density at radius 1 is 1.38 bits per heavy atom.